The highest BCUT2D eigenvalue weighted by Gasteiger charge is 2.19. The van der Waals surface area contributed by atoms with Crippen LogP contribution in [0.25, 0.3) is 6.08 Å². The topological polar surface area (TPSA) is 106 Å². The second kappa shape index (κ2) is 11.1. The third-order valence-electron chi connectivity index (χ3n) is 5.35. The number of hydrogen-bond donors (Lipinski definition) is 1. The molecule has 0 atom stereocenters. The smallest absolute Gasteiger partial charge is 0.203 e. The van der Waals surface area contributed by atoms with Crippen molar-refractivity contribution in [2.24, 2.45) is 0 Å². The molecule has 3 rings (SSSR count). The van der Waals surface area contributed by atoms with Crippen LogP contribution in [0.4, 0.5) is 5.69 Å². The molecule has 2 N–H and O–H groups in total. The molecule has 182 valence electrons. The van der Waals surface area contributed by atoms with Gasteiger partial charge in [0.05, 0.1) is 41.2 Å². The number of hydrogen-bond acceptors (Lipinski definition) is 8. The zero-order valence-corrected chi connectivity index (χ0v) is 20.2. The van der Waals surface area contributed by atoms with Gasteiger partial charge in [-0.3, -0.25) is 9.59 Å². The molecular weight excluding hydrogens is 450 g/mol. The van der Waals surface area contributed by atoms with Gasteiger partial charge in [0.15, 0.2) is 23.1 Å². The van der Waals surface area contributed by atoms with Crippen LogP contribution in [0.15, 0.2) is 54.6 Å². The van der Waals surface area contributed by atoms with Crippen LogP contribution in [0.5, 0.6) is 28.7 Å². The van der Waals surface area contributed by atoms with E-state index in [0.29, 0.717) is 56.7 Å². The number of nitrogens with two attached hydrogens (primary N) is 1. The Bertz CT molecular complexity index is 1260. The number of benzene rings is 3. The largest absolute Gasteiger partial charge is 0.496 e. The Morgan fingerprint density at radius 1 is 0.657 bits per heavy atom. The predicted molar refractivity (Wildman–Crippen MR) is 133 cm³/mol. The zero-order chi connectivity index (χ0) is 25.5. The first-order chi connectivity index (χ1) is 16.9. The molecule has 3 aromatic carbocycles. The fourth-order valence-corrected chi connectivity index (χ4v) is 3.51. The third-order valence-corrected chi connectivity index (χ3v) is 5.35. The SMILES string of the molecule is COc1cc(C(=O)/C=C/c2cc(C(=O)c3cc(OC)c(OC)c(OC)c3)ccc2OC)ccc1N. The van der Waals surface area contributed by atoms with E-state index in [0.717, 1.165) is 0 Å². The van der Waals surface area contributed by atoms with Crippen molar-refractivity contribution in [2.75, 3.05) is 41.3 Å². The zero-order valence-electron chi connectivity index (χ0n) is 20.2. The number of methoxy groups -OCH3 is 5. The van der Waals surface area contributed by atoms with Crippen molar-refractivity contribution < 1.29 is 33.3 Å². The van der Waals surface area contributed by atoms with E-state index in [1.165, 1.54) is 41.6 Å². The lowest BCUT2D eigenvalue weighted by molar-refractivity contribution is 0.103. The van der Waals surface area contributed by atoms with E-state index in [-0.39, 0.29) is 11.6 Å². The normalized spacial score (nSPS) is 10.7. The third kappa shape index (κ3) is 5.38. The molecule has 3 aromatic rings. The van der Waals surface area contributed by atoms with Crippen molar-refractivity contribution in [2.45, 2.75) is 0 Å². The first-order valence-corrected chi connectivity index (χ1v) is 10.6. The van der Waals surface area contributed by atoms with Crippen LogP contribution in [0.3, 0.4) is 0 Å². The van der Waals surface area contributed by atoms with Gasteiger partial charge in [-0.1, -0.05) is 0 Å². The second-order valence-electron chi connectivity index (χ2n) is 7.35. The summed E-state index contributed by atoms with van der Waals surface area (Å²) in [6, 6.07) is 12.9. The van der Waals surface area contributed by atoms with Gasteiger partial charge in [0.1, 0.15) is 11.5 Å². The monoisotopic (exact) mass is 477 g/mol. The van der Waals surface area contributed by atoms with Crippen LogP contribution < -0.4 is 29.4 Å². The Morgan fingerprint density at radius 3 is 1.80 bits per heavy atom. The first kappa shape index (κ1) is 25.2. The molecule has 0 aromatic heterocycles. The predicted octanol–water partition coefficient (Wildman–Crippen LogP) is 4.44. The number of rotatable bonds is 10. The van der Waals surface area contributed by atoms with Crippen molar-refractivity contribution in [3.63, 3.8) is 0 Å². The summed E-state index contributed by atoms with van der Waals surface area (Å²) in [5.41, 5.74) is 7.97. The minimum Gasteiger partial charge on any atom is -0.496 e. The number of allylic oxidation sites excluding steroid dienone is 1. The van der Waals surface area contributed by atoms with Crippen LogP contribution >= 0.6 is 0 Å². The van der Waals surface area contributed by atoms with Crippen LogP contribution in [0.1, 0.15) is 31.8 Å². The molecule has 0 spiro atoms. The summed E-state index contributed by atoms with van der Waals surface area (Å²) < 4.78 is 26.6. The maximum absolute atomic E-state index is 13.3. The van der Waals surface area contributed by atoms with Crippen molar-refractivity contribution >= 4 is 23.3 Å². The summed E-state index contributed by atoms with van der Waals surface area (Å²) in [6.45, 7) is 0. The average molecular weight is 478 g/mol. The van der Waals surface area contributed by atoms with E-state index in [4.69, 9.17) is 29.4 Å². The fourth-order valence-electron chi connectivity index (χ4n) is 3.51. The van der Waals surface area contributed by atoms with Gasteiger partial charge in [-0.25, -0.2) is 0 Å². The quantitative estimate of drug-likeness (QED) is 0.260. The Hall–Kier alpha value is -4.46. The molecule has 0 saturated carbocycles. The van der Waals surface area contributed by atoms with Gasteiger partial charge < -0.3 is 29.4 Å². The first-order valence-electron chi connectivity index (χ1n) is 10.6. The van der Waals surface area contributed by atoms with Crippen LogP contribution in [-0.4, -0.2) is 47.1 Å². The minimum absolute atomic E-state index is 0.258. The summed E-state index contributed by atoms with van der Waals surface area (Å²) in [6.07, 6.45) is 2.99. The summed E-state index contributed by atoms with van der Waals surface area (Å²) in [7, 11) is 7.45. The maximum atomic E-state index is 13.3. The Kier molecular flexibility index (Phi) is 7.99. The summed E-state index contributed by atoms with van der Waals surface area (Å²) >= 11 is 0. The van der Waals surface area contributed by atoms with Crippen LogP contribution in [0.2, 0.25) is 0 Å². The van der Waals surface area contributed by atoms with Gasteiger partial charge in [0.2, 0.25) is 5.75 Å². The van der Waals surface area contributed by atoms with E-state index >= 15 is 0 Å². The molecule has 0 heterocycles. The van der Waals surface area contributed by atoms with Crippen molar-refractivity contribution in [1.82, 2.24) is 0 Å². The van der Waals surface area contributed by atoms with Crippen molar-refractivity contribution in [3.05, 3.63) is 76.9 Å². The molecule has 8 nitrogen and oxygen atoms in total. The van der Waals surface area contributed by atoms with Crippen molar-refractivity contribution in [3.8, 4) is 28.7 Å². The van der Waals surface area contributed by atoms with Gasteiger partial charge >= 0.3 is 0 Å². The Balaban J connectivity index is 1.96. The average Bonchev–Trinajstić information content (AvgIpc) is 2.90. The molecule has 0 aliphatic carbocycles. The molecule has 8 heteroatoms. The number of carbonyl (C=O) groups excluding carboxylic acids is 2. The molecule has 0 saturated heterocycles. The van der Waals surface area contributed by atoms with Gasteiger partial charge in [-0.2, -0.15) is 0 Å². The number of anilines is 1. The summed E-state index contributed by atoms with van der Waals surface area (Å²) in [5, 5.41) is 0. The van der Waals surface area contributed by atoms with E-state index in [2.05, 4.69) is 0 Å². The molecule has 0 aliphatic heterocycles. The van der Waals surface area contributed by atoms with Gasteiger partial charge in [0, 0.05) is 22.3 Å². The van der Waals surface area contributed by atoms with Gasteiger partial charge in [-0.05, 0) is 60.7 Å². The highest BCUT2D eigenvalue weighted by molar-refractivity contribution is 6.11. The molecule has 0 unspecified atom stereocenters. The standard InChI is InChI=1S/C27H27NO7/c1-31-22-11-8-18(26(30)19-14-24(33-3)27(35-5)25(15-19)34-4)12-17(22)7-10-21(29)16-6-9-20(28)23(13-16)32-2/h6-15H,28H2,1-5H3/b10-7+. The molecule has 0 amide bonds. The number of ether oxygens (including phenoxy) is 5. The van der Waals surface area contributed by atoms with E-state index in [9.17, 15) is 9.59 Å². The van der Waals surface area contributed by atoms with Crippen molar-refractivity contribution in [1.29, 1.82) is 0 Å². The Morgan fingerprint density at radius 2 is 1.23 bits per heavy atom. The van der Waals surface area contributed by atoms with Gasteiger partial charge in [0.25, 0.3) is 0 Å². The lowest BCUT2D eigenvalue weighted by Gasteiger charge is -2.14. The molecular formula is C27H27NO7. The minimum atomic E-state index is -0.267. The highest BCUT2D eigenvalue weighted by Crippen LogP contribution is 2.39. The Labute approximate surface area is 203 Å². The molecule has 0 fully saturated rings. The molecule has 0 aliphatic rings. The van der Waals surface area contributed by atoms with E-state index < -0.39 is 0 Å². The fraction of sp³-hybridized carbons (Fsp3) is 0.185. The van der Waals surface area contributed by atoms with E-state index in [1.54, 1.807) is 54.6 Å². The second-order valence-corrected chi connectivity index (χ2v) is 7.35. The van der Waals surface area contributed by atoms with Crippen LogP contribution in [0, 0.1) is 0 Å². The highest BCUT2D eigenvalue weighted by atomic mass is 16.5. The lowest BCUT2D eigenvalue weighted by Crippen LogP contribution is -2.05. The van der Waals surface area contributed by atoms with Gasteiger partial charge in [-0.15, -0.1) is 0 Å². The van der Waals surface area contributed by atoms with E-state index in [1.807, 2.05) is 0 Å². The maximum Gasteiger partial charge on any atom is 0.203 e. The number of ketones is 2. The van der Waals surface area contributed by atoms with Crippen LogP contribution in [-0.2, 0) is 0 Å². The number of carbonyl (C=O) groups is 2. The summed E-state index contributed by atoms with van der Waals surface area (Å²) in [4.78, 5) is 26.0. The lowest BCUT2D eigenvalue weighted by atomic mass is 9.99. The summed E-state index contributed by atoms with van der Waals surface area (Å²) in [5.74, 6) is 1.53. The molecule has 0 bridgehead atoms. The molecule has 0 radical (unpaired) electrons. The number of nitrogen functional groups attached to an aromatic ring is 1. The molecule has 35 heavy (non-hydrogen) atoms.